The van der Waals surface area contributed by atoms with Gasteiger partial charge in [-0.1, -0.05) is 26.0 Å². The van der Waals surface area contributed by atoms with Gasteiger partial charge in [-0.15, -0.1) is 0 Å². The molecule has 0 spiro atoms. The topological polar surface area (TPSA) is 66.5 Å². The predicted molar refractivity (Wildman–Crippen MR) is 112 cm³/mol. The lowest BCUT2D eigenvalue weighted by molar-refractivity contribution is 0.0623. The second-order valence-corrected chi connectivity index (χ2v) is 9.72. The summed E-state index contributed by atoms with van der Waals surface area (Å²) in [5.74, 6) is 0.924. The molecule has 6 heteroatoms. The minimum atomic E-state index is -3.71. The Morgan fingerprint density at radius 3 is 2.21 bits per heavy atom. The average molecular weight is 401 g/mol. The molecule has 1 aliphatic heterocycles. The molecular weight excluding hydrogens is 372 g/mol. The molecule has 0 radical (unpaired) electrons. The summed E-state index contributed by atoms with van der Waals surface area (Å²) >= 11 is 0. The van der Waals surface area contributed by atoms with Crippen LogP contribution in [0.4, 0.5) is 5.69 Å². The van der Waals surface area contributed by atoms with Gasteiger partial charge in [-0.3, -0.25) is 9.52 Å². The monoisotopic (exact) mass is 400 g/mol. The molecule has 3 rings (SSSR count). The number of anilines is 1. The standard InChI is InChI=1S/C22H28N2O3S/c1-15-12-16(2)14-24(13-15)22(25)19-8-10-20(11-9-19)28(26,27)23-21-7-5-6-17(3)18(21)4/h5-11,15-16,23H,12-14H2,1-4H3/t15-,16-/m0/s1. The number of amides is 1. The van der Waals surface area contributed by atoms with Crippen molar-refractivity contribution in [3.05, 3.63) is 59.2 Å². The van der Waals surface area contributed by atoms with E-state index in [2.05, 4.69) is 18.6 Å². The molecular formula is C22H28N2O3S. The first kappa shape index (κ1) is 20.4. The number of carbonyl (C=O) groups excluding carboxylic acids is 1. The molecule has 1 fully saturated rings. The molecule has 2 atom stereocenters. The third kappa shape index (κ3) is 4.38. The fourth-order valence-corrected chi connectivity index (χ4v) is 4.98. The number of rotatable bonds is 4. The minimum Gasteiger partial charge on any atom is -0.338 e. The largest absolute Gasteiger partial charge is 0.338 e. The maximum absolute atomic E-state index is 12.8. The molecule has 1 N–H and O–H groups in total. The molecule has 0 saturated carbocycles. The SMILES string of the molecule is Cc1cccc(NS(=O)(=O)c2ccc(C(=O)N3C[C@@H](C)C[C@H](C)C3)cc2)c1C. The molecule has 2 aromatic rings. The van der Waals surface area contributed by atoms with E-state index in [9.17, 15) is 13.2 Å². The van der Waals surface area contributed by atoms with Crippen molar-refractivity contribution in [2.45, 2.75) is 39.0 Å². The Balaban J connectivity index is 1.78. The smallest absolute Gasteiger partial charge is 0.261 e. The van der Waals surface area contributed by atoms with Gasteiger partial charge in [0.2, 0.25) is 0 Å². The average Bonchev–Trinajstić information content (AvgIpc) is 2.64. The van der Waals surface area contributed by atoms with Crippen LogP contribution in [0.5, 0.6) is 0 Å². The summed E-state index contributed by atoms with van der Waals surface area (Å²) in [6.07, 6.45) is 1.13. The highest BCUT2D eigenvalue weighted by molar-refractivity contribution is 7.92. The first-order valence-corrected chi connectivity index (χ1v) is 11.1. The van der Waals surface area contributed by atoms with Crippen molar-refractivity contribution in [2.75, 3.05) is 17.8 Å². The van der Waals surface area contributed by atoms with E-state index in [1.165, 1.54) is 12.1 Å². The molecule has 1 saturated heterocycles. The van der Waals surface area contributed by atoms with Crippen molar-refractivity contribution >= 4 is 21.6 Å². The zero-order valence-corrected chi connectivity index (χ0v) is 17.7. The Morgan fingerprint density at radius 2 is 1.61 bits per heavy atom. The molecule has 1 heterocycles. The number of aryl methyl sites for hydroxylation is 1. The molecule has 28 heavy (non-hydrogen) atoms. The van der Waals surface area contributed by atoms with E-state index in [4.69, 9.17) is 0 Å². The van der Waals surface area contributed by atoms with Gasteiger partial charge < -0.3 is 4.90 Å². The lowest BCUT2D eigenvalue weighted by Gasteiger charge is -2.35. The van der Waals surface area contributed by atoms with Crippen LogP contribution in [-0.2, 0) is 10.0 Å². The van der Waals surface area contributed by atoms with Gasteiger partial charge in [-0.2, -0.15) is 0 Å². The van der Waals surface area contributed by atoms with Crippen molar-refractivity contribution < 1.29 is 13.2 Å². The van der Waals surface area contributed by atoms with Crippen LogP contribution in [0.2, 0.25) is 0 Å². The summed E-state index contributed by atoms with van der Waals surface area (Å²) in [4.78, 5) is 14.8. The zero-order valence-electron chi connectivity index (χ0n) is 16.9. The van der Waals surface area contributed by atoms with Crippen molar-refractivity contribution in [1.82, 2.24) is 4.90 Å². The van der Waals surface area contributed by atoms with E-state index in [-0.39, 0.29) is 10.8 Å². The Labute approximate surface area is 167 Å². The Bertz CT molecular complexity index is 958. The summed E-state index contributed by atoms with van der Waals surface area (Å²) in [7, 11) is -3.71. The third-order valence-corrected chi connectivity index (χ3v) is 6.80. The first-order chi connectivity index (χ1) is 13.2. The van der Waals surface area contributed by atoms with E-state index in [0.717, 1.165) is 30.6 Å². The van der Waals surface area contributed by atoms with Gasteiger partial charge in [-0.05, 0) is 73.6 Å². The number of nitrogens with zero attached hydrogens (tertiary/aromatic N) is 1. The number of hydrogen-bond acceptors (Lipinski definition) is 3. The predicted octanol–water partition coefficient (Wildman–Crippen LogP) is 4.22. The van der Waals surface area contributed by atoms with Crippen LogP contribution < -0.4 is 4.72 Å². The number of sulfonamides is 1. The first-order valence-electron chi connectivity index (χ1n) is 9.65. The second-order valence-electron chi connectivity index (χ2n) is 8.03. The molecule has 0 bridgehead atoms. The van der Waals surface area contributed by atoms with Crippen molar-refractivity contribution in [3.8, 4) is 0 Å². The number of piperidine rings is 1. The third-order valence-electron chi connectivity index (χ3n) is 5.42. The lowest BCUT2D eigenvalue weighted by atomic mass is 9.91. The van der Waals surface area contributed by atoms with Gasteiger partial charge in [-0.25, -0.2) is 8.42 Å². The molecule has 0 aliphatic carbocycles. The lowest BCUT2D eigenvalue weighted by Crippen LogP contribution is -2.42. The number of carbonyl (C=O) groups is 1. The van der Waals surface area contributed by atoms with E-state index in [0.29, 0.717) is 23.1 Å². The summed E-state index contributed by atoms with van der Waals surface area (Å²) < 4.78 is 28.1. The van der Waals surface area contributed by atoms with E-state index < -0.39 is 10.0 Å². The molecule has 0 unspecified atom stereocenters. The highest BCUT2D eigenvalue weighted by Crippen LogP contribution is 2.24. The second kappa shape index (κ2) is 7.95. The number of likely N-dealkylation sites (tertiary alicyclic amines) is 1. The van der Waals surface area contributed by atoms with Gasteiger partial charge in [0.25, 0.3) is 15.9 Å². The maximum Gasteiger partial charge on any atom is 0.261 e. The summed E-state index contributed by atoms with van der Waals surface area (Å²) in [5.41, 5.74) is 3.00. The summed E-state index contributed by atoms with van der Waals surface area (Å²) in [6.45, 7) is 9.63. The zero-order chi connectivity index (χ0) is 20.5. The Morgan fingerprint density at radius 1 is 1.00 bits per heavy atom. The van der Waals surface area contributed by atoms with E-state index in [1.807, 2.05) is 30.9 Å². The quantitative estimate of drug-likeness (QED) is 0.835. The van der Waals surface area contributed by atoms with Crippen LogP contribution in [-0.4, -0.2) is 32.3 Å². The van der Waals surface area contributed by atoms with E-state index in [1.54, 1.807) is 18.2 Å². The highest BCUT2D eigenvalue weighted by atomic mass is 32.2. The van der Waals surface area contributed by atoms with Crippen LogP contribution in [0.25, 0.3) is 0 Å². The van der Waals surface area contributed by atoms with E-state index >= 15 is 0 Å². The highest BCUT2D eigenvalue weighted by Gasteiger charge is 2.26. The number of hydrogen-bond donors (Lipinski definition) is 1. The van der Waals surface area contributed by atoms with Crippen LogP contribution in [0.3, 0.4) is 0 Å². The fraction of sp³-hybridized carbons (Fsp3) is 0.409. The van der Waals surface area contributed by atoms with Gasteiger partial charge in [0.15, 0.2) is 0 Å². The van der Waals surface area contributed by atoms with Crippen molar-refractivity contribution in [3.63, 3.8) is 0 Å². The van der Waals surface area contributed by atoms with Crippen LogP contribution in [0, 0.1) is 25.7 Å². The Hall–Kier alpha value is -2.34. The van der Waals surface area contributed by atoms with Crippen molar-refractivity contribution in [2.24, 2.45) is 11.8 Å². The molecule has 2 aromatic carbocycles. The van der Waals surface area contributed by atoms with Gasteiger partial charge in [0.05, 0.1) is 10.6 Å². The maximum atomic E-state index is 12.8. The fourth-order valence-electron chi connectivity index (χ4n) is 3.85. The molecule has 1 amide bonds. The van der Waals surface area contributed by atoms with Gasteiger partial charge in [0.1, 0.15) is 0 Å². The van der Waals surface area contributed by atoms with Crippen LogP contribution in [0.1, 0.15) is 41.8 Å². The summed E-state index contributed by atoms with van der Waals surface area (Å²) in [5, 5.41) is 0. The van der Waals surface area contributed by atoms with Crippen LogP contribution >= 0.6 is 0 Å². The molecule has 150 valence electrons. The van der Waals surface area contributed by atoms with Gasteiger partial charge >= 0.3 is 0 Å². The molecule has 5 nitrogen and oxygen atoms in total. The Kier molecular flexibility index (Phi) is 5.79. The molecule has 0 aromatic heterocycles. The molecule has 1 aliphatic rings. The minimum absolute atomic E-state index is 0.0372. The number of benzene rings is 2. The van der Waals surface area contributed by atoms with Gasteiger partial charge in [0, 0.05) is 18.7 Å². The van der Waals surface area contributed by atoms with Crippen LogP contribution in [0.15, 0.2) is 47.4 Å². The number of nitrogens with one attached hydrogen (secondary N) is 1. The summed E-state index contributed by atoms with van der Waals surface area (Å²) in [6, 6.07) is 11.7. The van der Waals surface area contributed by atoms with Crippen molar-refractivity contribution in [1.29, 1.82) is 0 Å². The normalized spacial score (nSPS) is 20.1.